The molecule has 0 aromatic carbocycles. The Kier molecular flexibility index (Phi) is 13.0. The third kappa shape index (κ3) is 9.58. The Hall–Kier alpha value is -0.470. The van der Waals surface area contributed by atoms with Gasteiger partial charge in [0.05, 0.1) is 25.5 Å². The van der Waals surface area contributed by atoms with Crippen molar-refractivity contribution in [3.63, 3.8) is 0 Å². The summed E-state index contributed by atoms with van der Waals surface area (Å²) in [4.78, 5) is 50.9. The molecule has 2 unspecified atom stereocenters. The normalized spacial score (nSPS) is 24.0. The summed E-state index contributed by atoms with van der Waals surface area (Å²) in [6.45, 7) is 3.11. The van der Waals surface area contributed by atoms with Gasteiger partial charge in [-0.1, -0.05) is 41.0 Å². The smallest absolute Gasteiger partial charge is 0.388 e. The molecule has 1 aliphatic heterocycles. The number of ether oxygens (including phenoxy) is 1. The van der Waals surface area contributed by atoms with Crippen molar-refractivity contribution in [1.29, 1.82) is 0 Å². The number of aromatic nitrogens is 4. The van der Waals surface area contributed by atoms with Gasteiger partial charge >= 0.3 is 33.0 Å². The molecular formula is C19H27Cl2F3N5O11P3S2. The summed E-state index contributed by atoms with van der Waals surface area (Å²) in [6.07, 6.45) is -5.22. The quantitative estimate of drug-likeness (QED) is 0.0348. The number of aliphatic hydroxyl groups is 1. The number of anilines is 1. The molecule has 0 saturated carbocycles. The molecule has 6 N–H and O–H groups in total. The average Bonchev–Trinajstić information content (AvgIpc) is 3.45. The van der Waals surface area contributed by atoms with Crippen LogP contribution in [0.25, 0.3) is 11.2 Å². The van der Waals surface area contributed by atoms with Crippen LogP contribution in [0.1, 0.15) is 12.6 Å². The van der Waals surface area contributed by atoms with E-state index in [2.05, 4.69) is 31.2 Å². The molecule has 2 aromatic heterocycles. The molecule has 45 heavy (non-hydrogen) atoms. The number of hydrogen-bond acceptors (Lipinski definition) is 13. The number of thioether (sulfide) groups is 2. The molecule has 26 heteroatoms. The molecule has 1 fully saturated rings. The molecule has 0 spiro atoms. The zero-order valence-corrected chi connectivity index (χ0v) is 28.6. The van der Waals surface area contributed by atoms with Crippen LogP contribution in [0.2, 0.25) is 0 Å². The number of halogens is 5. The minimum Gasteiger partial charge on any atom is -0.388 e. The van der Waals surface area contributed by atoms with Crippen LogP contribution >= 0.6 is 69.7 Å². The van der Waals surface area contributed by atoms with Crippen LogP contribution in [0.4, 0.5) is 19.0 Å². The standard InChI is InChI=1S/C19H27Cl2F3N5O11P3S2/c1-3-10-11(8-38-43(36,37)40-42(34,35)19(20,21)41(31,32)33)39-16(13(10)30)29-9-26-12-14(25-5-7-44-2)27-17(28-15(12)29)45-6-4-18(22,23)24/h3,9-11,13,16,30H,1,4-8H2,2H3,(H,34,35)(H,36,37)(H,25,27,28)(H2,31,32,33)/t10-,11-,13-,16-/m1/s1. The SMILES string of the molecule is C=C[C@H]1[C@@H](O)[C@H](n2cnc3c(NCCSC)nc(SCCC(F)(F)F)nc32)O[C@@H]1COP(=O)(O)OP(=O)(O)C(Cl)(Cl)P(=O)(O)O. The van der Waals surface area contributed by atoms with E-state index in [9.17, 15) is 41.8 Å². The number of aliphatic hydroxyl groups excluding tert-OH is 1. The van der Waals surface area contributed by atoms with Crippen LogP contribution in [0.15, 0.2) is 24.1 Å². The summed E-state index contributed by atoms with van der Waals surface area (Å²) in [5.74, 6) is -0.520. The van der Waals surface area contributed by atoms with Gasteiger partial charge in [-0.3, -0.25) is 18.2 Å². The highest BCUT2D eigenvalue weighted by atomic mass is 35.5. The van der Waals surface area contributed by atoms with Crippen molar-refractivity contribution < 1.29 is 65.1 Å². The Bertz CT molecular complexity index is 1520. The van der Waals surface area contributed by atoms with Gasteiger partial charge in [0.1, 0.15) is 6.10 Å². The van der Waals surface area contributed by atoms with Gasteiger partial charge in [0, 0.05) is 24.0 Å². The summed E-state index contributed by atoms with van der Waals surface area (Å²) >= 11 is 12.8. The first-order chi connectivity index (χ1) is 20.6. The van der Waals surface area contributed by atoms with Crippen LogP contribution < -0.4 is 5.32 Å². The van der Waals surface area contributed by atoms with Gasteiger partial charge in [-0.25, -0.2) is 23.8 Å². The Labute approximate surface area is 271 Å². The molecule has 2 aromatic rings. The second-order valence-corrected chi connectivity index (χ2v) is 19.2. The van der Waals surface area contributed by atoms with Crippen molar-refractivity contribution in [2.45, 2.75) is 40.0 Å². The fourth-order valence-electron chi connectivity index (χ4n) is 3.78. The maximum Gasteiger partial charge on any atom is 0.479 e. The van der Waals surface area contributed by atoms with E-state index in [1.54, 1.807) is 0 Å². The molecule has 0 amide bonds. The van der Waals surface area contributed by atoms with Crippen molar-refractivity contribution >= 4 is 86.7 Å². The predicted molar refractivity (Wildman–Crippen MR) is 160 cm³/mol. The van der Waals surface area contributed by atoms with Gasteiger partial charge in [0.2, 0.25) is 0 Å². The lowest BCUT2D eigenvalue weighted by atomic mass is 9.99. The highest BCUT2D eigenvalue weighted by molar-refractivity contribution is 7.99. The predicted octanol–water partition coefficient (Wildman–Crippen LogP) is 4.29. The molecule has 6 atom stereocenters. The van der Waals surface area contributed by atoms with Crippen LogP contribution in [-0.4, -0.2) is 97.3 Å². The minimum absolute atomic E-state index is 0.0236. The Morgan fingerprint density at radius 2 is 1.87 bits per heavy atom. The van der Waals surface area contributed by atoms with E-state index in [4.69, 9.17) is 42.2 Å². The summed E-state index contributed by atoms with van der Waals surface area (Å²) < 4.78 is 86.2. The summed E-state index contributed by atoms with van der Waals surface area (Å²) in [6, 6.07) is 0. The number of fused-ring (bicyclic) bond motifs is 1. The van der Waals surface area contributed by atoms with Crippen molar-refractivity contribution in [3.05, 3.63) is 19.0 Å². The molecule has 0 bridgehead atoms. The number of rotatable bonds is 16. The lowest BCUT2D eigenvalue weighted by molar-refractivity contribution is -0.129. The average molecular weight is 786 g/mol. The number of imidazole rings is 1. The number of phosphoric ester groups is 1. The molecule has 3 rings (SSSR count). The highest BCUT2D eigenvalue weighted by Gasteiger charge is 2.62. The molecule has 1 saturated heterocycles. The van der Waals surface area contributed by atoms with E-state index in [1.165, 1.54) is 28.7 Å². The fourth-order valence-corrected chi connectivity index (χ4v) is 9.14. The van der Waals surface area contributed by atoms with Crippen molar-refractivity contribution in [3.8, 4) is 0 Å². The third-order valence-corrected chi connectivity index (χ3v) is 15.1. The number of nitrogens with one attached hydrogen (secondary N) is 1. The van der Waals surface area contributed by atoms with E-state index < -0.39 is 70.4 Å². The van der Waals surface area contributed by atoms with E-state index in [-0.39, 0.29) is 27.9 Å². The highest BCUT2D eigenvalue weighted by Crippen LogP contribution is 2.79. The van der Waals surface area contributed by atoms with E-state index in [0.29, 0.717) is 12.3 Å². The van der Waals surface area contributed by atoms with Gasteiger partial charge < -0.3 is 34.7 Å². The number of phosphoric acid groups is 1. The zero-order chi connectivity index (χ0) is 34.0. The van der Waals surface area contributed by atoms with Crippen molar-refractivity contribution in [2.75, 3.05) is 36.2 Å². The minimum atomic E-state index is -5.93. The Balaban J connectivity index is 1.86. The maximum atomic E-state index is 12.7. The second kappa shape index (κ2) is 15.0. The lowest BCUT2D eigenvalue weighted by Gasteiger charge is -2.26. The fraction of sp³-hybridized carbons (Fsp3) is 0.632. The number of nitrogens with zero attached hydrogens (tertiary/aromatic N) is 4. The maximum absolute atomic E-state index is 12.7. The molecule has 0 radical (unpaired) electrons. The van der Waals surface area contributed by atoms with Crippen molar-refractivity contribution in [2.24, 2.45) is 5.92 Å². The largest absolute Gasteiger partial charge is 0.479 e. The van der Waals surface area contributed by atoms with Gasteiger partial charge in [-0.15, -0.1) is 6.58 Å². The summed E-state index contributed by atoms with van der Waals surface area (Å²) in [7, 11) is -17.3. The van der Waals surface area contributed by atoms with Crippen LogP contribution in [-0.2, 0) is 27.3 Å². The molecule has 0 aliphatic carbocycles. The first-order valence-electron chi connectivity index (χ1n) is 12.2. The first-order valence-corrected chi connectivity index (χ1v) is 20.0. The monoisotopic (exact) mass is 785 g/mol. The van der Waals surface area contributed by atoms with E-state index in [0.717, 1.165) is 11.8 Å². The topological polar surface area (TPSA) is 236 Å². The zero-order valence-electron chi connectivity index (χ0n) is 22.7. The van der Waals surface area contributed by atoms with Gasteiger partial charge in [-0.2, -0.15) is 24.9 Å². The molecule has 16 nitrogen and oxygen atoms in total. The molecular weight excluding hydrogens is 759 g/mol. The van der Waals surface area contributed by atoms with Gasteiger partial charge in [0.15, 0.2) is 28.4 Å². The van der Waals surface area contributed by atoms with Crippen LogP contribution in [0.5, 0.6) is 0 Å². The van der Waals surface area contributed by atoms with Crippen LogP contribution in [0.3, 0.4) is 0 Å². The molecule has 3 heterocycles. The van der Waals surface area contributed by atoms with Gasteiger partial charge in [-0.05, 0) is 6.26 Å². The second-order valence-electron chi connectivity index (χ2n) is 9.10. The molecule has 1 aliphatic rings. The Morgan fingerprint density at radius 1 is 1.20 bits per heavy atom. The lowest BCUT2D eigenvalue weighted by Crippen LogP contribution is -2.27. The molecule has 256 valence electrons. The number of hydrogen-bond donors (Lipinski definition) is 6. The van der Waals surface area contributed by atoms with E-state index in [1.807, 2.05) is 6.26 Å². The summed E-state index contributed by atoms with van der Waals surface area (Å²) in [5.41, 5.74) is 0.263. The first kappa shape index (κ1) is 39.0. The Morgan fingerprint density at radius 3 is 2.44 bits per heavy atom. The third-order valence-electron chi connectivity index (χ3n) is 5.90. The van der Waals surface area contributed by atoms with Crippen molar-refractivity contribution in [1.82, 2.24) is 19.5 Å². The van der Waals surface area contributed by atoms with Crippen LogP contribution in [0, 0.1) is 5.92 Å². The van der Waals surface area contributed by atoms with Gasteiger partial charge in [0.25, 0.3) is 0 Å². The summed E-state index contributed by atoms with van der Waals surface area (Å²) in [5, 5.41) is 14.1. The number of alkyl halides is 5. The van der Waals surface area contributed by atoms with E-state index >= 15 is 0 Å².